The number of aromatic nitrogens is 2. The van der Waals surface area contributed by atoms with Crippen LogP contribution >= 0.6 is 0 Å². The van der Waals surface area contributed by atoms with Crippen LogP contribution in [-0.2, 0) is 22.7 Å². The van der Waals surface area contributed by atoms with Gasteiger partial charge in [-0.05, 0) is 35.4 Å². The second kappa shape index (κ2) is 6.26. The Labute approximate surface area is 176 Å². The first kappa shape index (κ1) is 17.9. The summed E-state index contributed by atoms with van der Waals surface area (Å²) in [7, 11) is 0. The first-order chi connectivity index (χ1) is 15.0. The van der Waals surface area contributed by atoms with Crippen LogP contribution in [0.25, 0.3) is 33.4 Å². The number of carbonyl (C=O) groups excluding carboxylic acids is 1. The van der Waals surface area contributed by atoms with E-state index in [1.54, 1.807) is 10.6 Å². The number of hydrogen-bond donors (Lipinski definition) is 2. The first-order valence-electron chi connectivity index (χ1n) is 9.92. The second-order valence-corrected chi connectivity index (χ2v) is 7.82. The zero-order chi connectivity index (χ0) is 21.3. The molecule has 0 amide bonds. The number of hydrogen-bond acceptors (Lipinski definition) is 6. The van der Waals surface area contributed by atoms with Crippen LogP contribution in [0.4, 0.5) is 5.69 Å². The van der Waals surface area contributed by atoms with Gasteiger partial charge in [-0.1, -0.05) is 30.3 Å². The monoisotopic (exact) mass is 411 g/mol. The highest BCUT2D eigenvalue weighted by molar-refractivity contribution is 6.00. The van der Waals surface area contributed by atoms with E-state index in [-0.39, 0.29) is 12.2 Å². The molecule has 4 aromatic rings. The maximum Gasteiger partial charge on any atom is 0.340 e. The number of ether oxygens (including phenoxy) is 1. The van der Waals surface area contributed by atoms with Crippen LogP contribution in [-0.4, -0.2) is 20.6 Å². The molecule has 2 aliphatic rings. The van der Waals surface area contributed by atoms with Crippen molar-refractivity contribution in [2.24, 2.45) is 0 Å². The number of nitrogens with two attached hydrogens (primary N) is 1. The van der Waals surface area contributed by atoms with Crippen LogP contribution in [0.5, 0.6) is 0 Å². The van der Waals surface area contributed by atoms with E-state index < -0.39 is 12.1 Å². The maximum atomic E-state index is 13.2. The van der Waals surface area contributed by atoms with Gasteiger partial charge in [0.2, 0.25) is 0 Å². The smallest absolute Gasteiger partial charge is 0.340 e. The average molecular weight is 411 g/mol. The number of anilines is 1. The van der Waals surface area contributed by atoms with E-state index in [9.17, 15) is 14.7 Å². The summed E-state index contributed by atoms with van der Waals surface area (Å²) in [4.78, 5) is 29.9. The number of benzene rings is 2. The standard InChI is InChI=1S/C24H17N3O4/c25-13-5-3-4-12(8-13)20-14-6-1-2-7-18(14)26-21-16(20)10-27-19(21)9-15-17(23(27)29)11-31-24(30)22(15)28/h1-9,22,28H,10-11,25H2. The number of aliphatic hydroxyl groups is 1. The van der Waals surface area contributed by atoms with Gasteiger partial charge in [0.15, 0.2) is 6.10 Å². The molecule has 0 bridgehead atoms. The summed E-state index contributed by atoms with van der Waals surface area (Å²) in [5.74, 6) is -0.748. The Kier molecular flexibility index (Phi) is 3.61. The van der Waals surface area contributed by atoms with Gasteiger partial charge in [0.05, 0.1) is 29.0 Å². The number of carbonyl (C=O) groups is 1. The van der Waals surface area contributed by atoms with Gasteiger partial charge in [0, 0.05) is 22.2 Å². The first-order valence-corrected chi connectivity index (χ1v) is 9.92. The van der Waals surface area contributed by atoms with Crippen LogP contribution in [0, 0.1) is 0 Å². The normalized spacial score (nSPS) is 16.5. The molecule has 2 aliphatic heterocycles. The van der Waals surface area contributed by atoms with Gasteiger partial charge in [0.1, 0.15) is 6.61 Å². The molecule has 0 aliphatic carbocycles. The largest absolute Gasteiger partial charge is 0.458 e. The predicted octanol–water partition coefficient (Wildman–Crippen LogP) is 2.76. The molecule has 0 saturated heterocycles. The number of nitrogens with zero attached hydrogens (tertiary/aromatic N) is 2. The summed E-state index contributed by atoms with van der Waals surface area (Å²) >= 11 is 0. The molecule has 0 fully saturated rings. The van der Waals surface area contributed by atoms with Crippen LogP contribution in [0.15, 0.2) is 59.4 Å². The van der Waals surface area contributed by atoms with Gasteiger partial charge in [-0.3, -0.25) is 4.79 Å². The Morgan fingerprint density at radius 1 is 1.06 bits per heavy atom. The number of esters is 1. The molecule has 31 heavy (non-hydrogen) atoms. The van der Waals surface area contributed by atoms with Gasteiger partial charge in [-0.15, -0.1) is 0 Å². The fraction of sp³-hybridized carbons (Fsp3) is 0.125. The molecule has 3 N–H and O–H groups in total. The molecule has 0 saturated carbocycles. The van der Waals surface area contributed by atoms with Gasteiger partial charge in [-0.2, -0.15) is 0 Å². The van der Waals surface area contributed by atoms with Crippen molar-refractivity contribution >= 4 is 22.6 Å². The highest BCUT2D eigenvalue weighted by atomic mass is 16.5. The molecule has 0 spiro atoms. The topological polar surface area (TPSA) is 107 Å². The fourth-order valence-electron chi connectivity index (χ4n) is 4.60. The Morgan fingerprint density at radius 2 is 1.90 bits per heavy atom. The van der Waals surface area contributed by atoms with Gasteiger partial charge >= 0.3 is 5.97 Å². The third-order valence-corrected chi connectivity index (χ3v) is 6.04. The van der Waals surface area contributed by atoms with Crippen molar-refractivity contribution in [1.29, 1.82) is 0 Å². The number of aliphatic hydroxyl groups excluding tert-OH is 1. The highest BCUT2D eigenvalue weighted by Crippen LogP contribution is 2.42. The summed E-state index contributed by atoms with van der Waals surface area (Å²) in [5, 5.41) is 11.3. The molecule has 4 heterocycles. The van der Waals surface area contributed by atoms with Crippen molar-refractivity contribution in [2.75, 3.05) is 5.73 Å². The molecule has 2 aromatic heterocycles. The lowest BCUT2D eigenvalue weighted by Gasteiger charge is -2.21. The summed E-state index contributed by atoms with van der Waals surface area (Å²) in [6.07, 6.45) is -1.47. The highest BCUT2D eigenvalue weighted by Gasteiger charge is 2.34. The zero-order valence-electron chi connectivity index (χ0n) is 16.3. The number of fused-ring (bicyclic) bond motifs is 5. The van der Waals surface area contributed by atoms with Crippen LogP contribution in [0.3, 0.4) is 0 Å². The number of para-hydroxylation sites is 1. The molecule has 1 unspecified atom stereocenters. The molecular formula is C24H17N3O4. The lowest BCUT2D eigenvalue weighted by atomic mass is 9.94. The number of rotatable bonds is 1. The third kappa shape index (κ3) is 2.47. The van der Waals surface area contributed by atoms with Crippen molar-refractivity contribution in [3.05, 3.63) is 81.6 Å². The molecule has 1 atom stereocenters. The van der Waals surface area contributed by atoms with E-state index in [4.69, 9.17) is 15.5 Å². The zero-order valence-corrected chi connectivity index (χ0v) is 16.3. The van der Waals surface area contributed by atoms with Crippen LogP contribution in [0.2, 0.25) is 0 Å². The minimum absolute atomic E-state index is 0.141. The lowest BCUT2D eigenvalue weighted by molar-refractivity contribution is -0.157. The molecule has 6 rings (SSSR count). The predicted molar refractivity (Wildman–Crippen MR) is 115 cm³/mol. The molecular weight excluding hydrogens is 394 g/mol. The van der Waals surface area contributed by atoms with Crippen molar-refractivity contribution in [2.45, 2.75) is 19.3 Å². The van der Waals surface area contributed by atoms with E-state index in [2.05, 4.69) is 0 Å². The molecule has 0 radical (unpaired) electrons. The third-order valence-electron chi connectivity index (χ3n) is 6.04. The van der Waals surface area contributed by atoms with E-state index in [0.29, 0.717) is 34.7 Å². The molecule has 2 aromatic carbocycles. The molecule has 152 valence electrons. The van der Waals surface area contributed by atoms with Gasteiger partial charge < -0.3 is 20.1 Å². The quantitative estimate of drug-likeness (QED) is 0.324. The average Bonchev–Trinajstić information content (AvgIpc) is 3.13. The minimum Gasteiger partial charge on any atom is -0.458 e. The Bertz CT molecular complexity index is 1490. The number of nitrogen functional groups attached to an aromatic ring is 1. The molecule has 7 nitrogen and oxygen atoms in total. The number of cyclic esters (lactones) is 1. The van der Waals surface area contributed by atoms with E-state index in [1.807, 2.05) is 48.5 Å². The van der Waals surface area contributed by atoms with E-state index in [0.717, 1.165) is 27.6 Å². The van der Waals surface area contributed by atoms with Crippen molar-refractivity contribution in [1.82, 2.24) is 9.55 Å². The van der Waals surface area contributed by atoms with Gasteiger partial charge in [-0.25, -0.2) is 9.78 Å². The Hall–Kier alpha value is -3.97. The summed E-state index contributed by atoms with van der Waals surface area (Å²) in [5.41, 5.74) is 11.9. The van der Waals surface area contributed by atoms with E-state index in [1.165, 1.54) is 0 Å². The van der Waals surface area contributed by atoms with E-state index >= 15 is 0 Å². The van der Waals surface area contributed by atoms with Gasteiger partial charge in [0.25, 0.3) is 5.56 Å². The summed E-state index contributed by atoms with van der Waals surface area (Å²) < 4.78 is 6.61. The van der Waals surface area contributed by atoms with Crippen molar-refractivity contribution < 1.29 is 14.6 Å². The fourth-order valence-corrected chi connectivity index (χ4v) is 4.60. The Morgan fingerprint density at radius 3 is 2.74 bits per heavy atom. The van der Waals surface area contributed by atoms with Crippen LogP contribution in [0.1, 0.15) is 22.8 Å². The van der Waals surface area contributed by atoms with Crippen molar-refractivity contribution in [3.8, 4) is 22.5 Å². The number of pyridine rings is 2. The van der Waals surface area contributed by atoms with Crippen molar-refractivity contribution in [3.63, 3.8) is 0 Å². The van der Waals surface area contributed by atoms with Crippen LogP contribution < -0.4 is 11.3 Å². The lowest BCUT2D eigenvalue weighted by Crippen LogP contribution is -2.32. The minimum atomic E-state index is -1.47. The maximum absolute atomic E-state index is 13.2. The Balaban J connectivity index is 1.69. The second-order valence-electron chi connectivity index (χ2n) is 7.82. The molecule has 7 heteroatoms. The summed E-state index contributed by atoms with van der Waals surface area (Å²) in [6.45, 7) is 0.195. The SMILES string of the molecule is Nc1cccc(-c2c3c(nc4ccccc24)-c2cc4c(c(=O)n2C3)COC(=O)C4O)c1. The summed E-state index contributed by atoms with van der Waals surface area (Å²) in [6, 6.07) is 17.1.